The molecule has 1 nitrogen and oxygen atoms in total. The van der Waals surface area contributed by atoms with Gasteiger partial charge in [0.25, 0.3) is 0 Å². The molecule has 1 aromatic rings. The van der Waals surface area contributed by atoms with Crippen LogP contribution in [0.5, 0.6) is 0 Å². The molecule has 0 radical (unpaired) electrons. The third-order valence-electron chi connectivity index (χ3n) is 2.60. The van der Waals surface area contributed by atoms with Crippen LogP contribution in [0, 0.1) is 17.6 Å². The molecule has 90 valence electrons. The molecule has 1 atom stereocenters. The van der Waals surface area contributed by atoms with Gasteiger partial charge in [0.05, 0.1) is 0 Å². The van der Waals surface area contributed by atoms with E-state index >= 15 is 0 Å². The van der Waals surface area contributed by atoms with Crippen LogP contribution < -0.4 is 5.32 Å². The lowest BCUT2D eigenvalue weighted by molar-refractivity contribution is 0.469. The Morgan fingerprint density at radius 2 is 2.06 bits per heavy atom. The van der Waals surface area contributed by atoms with Crippen LogP contribution in [0.4, 0.5) is 8.78 Å². The molecule has 0 fully saturated rings. The number of hydrogen-bond donors (Lipinski definition) is 1. The van der Waals surface area contributed by atoms with Crippen LogP contribution in [-0.2, 0) is 6.54 Å². The molecule has 0 bridgehead atoms. The summed E-state index contributed by atoms with van der Waals surface area (Å²) in [6, 6.07) is 3.55. The van der Waals surface area contributed by atoms with E-state index < -0.39 is 0 Å². The van der Waals surface area contributed by atoms with Crippen molar-refractivity contribution in [2.24, 2.45) is 5.92 Å². The highest BCUT2D eigenvalue weighted by Crippen LogP contribution is 2.10. The van der Waals surface area contributed by atoms with E-state index in [1.807, 2.05) is 0 Å². The first-order chi connectivity index (χ1) is 7.63. The van der Waals surface area contributed by atoms with Crippen LogP contribution >= 0.6 is 0 Å². The number of nitrogens with one attached hydrogen (secondary N) is 1. The molecular formula is C13H19F2N. The Bertz CT molecular complexity index is 326. The van der Waals surface area contributed by atoms with Crippen molar-refractivity contribution in [3.05, 3.63) is 35.4 Å². The van der Waals surface area contributed by atoms with Crippen molar-refractivity contribution < 1.29 is 8.78 Å². The third kappa shape index (κ3) is 4.27. The van der Waals surface area contributed by atoms with Crippen LogP contribution in [-0.4, -0.2) is 6.54 Å². The molecule has 1 N–H and O–H groups in total. The summed E-state index contributed by atoms with van der Waals surface area (Å²) in [5.74, 6) is -0.168. The summed E-state index contributed by atoms with van der Waals surface area (Å²) in [6.07, 6.45) is 2.30. The smallest absolute Gasteiger partial charge is 0.127 e. The topological polar surface area (TPSA) is 12.0 Å². The molecule has 0 aliphatic heterocycles. The summed E-state index contributed by atoms with van der Waals surface area (Å²) in [6.45, 7) is 5.52. The van der Waals surface area contributed by atoms with Crippen LogP contribution in [0.15, 0.2) is 18.2 Å². The lowest BCUT2D eigenvalue weighted by Crippen LogP contribution is -2.21. The van der Waals surface area contributed by atoms with E-state index in [0.717, 1.165) is 25.5 Å². The maximum atomic E-state index is 13.2. The Kier molecular flexibility index (Phi) is 5.39. The van der Waals surface area contributed by atoms with Gasteiger partial charge in [-0.1, -0.05) is 20.3 Å². The fourth-order valence-corrected chi connectivity index (χ4v) is 1.73. The molecule has 1 rings (SSSR count). The molecule has 0 saturated carbocycles. The zero-order valence-corrected chi connectivity index (χ0v) is 9.89. The predicted molar refractivity (Wildman–Crippen MR) is 62.1 cm³/mol. The van der Waals surface area contributed by atoms with Crippen molar-refractivity contribution in [2.75, 3.05) is 6.54 Å². The lowest BCUT2D eigenvalue weighted by Gasteiger charge is -2.11. The minimum absolute atomic E-state index is 0.350. The Morgan fingerprint density at radius 3 is 2.75 bits per heavy atom. The number of hydrogen-bond acceptors (Lipinski definition) is 1. The molecule has 0 heterocycles. The Morgan fingerprint density at radius 1 is 1.31 bits per heavy atom. The summed E-state index contributed by atoms with van der Waals surface area (Å²) in [5.41, 5.74) is 0.392. The summed E-state index contributed by atoms with van der Waals surface area (Å²) >= 11 is 0. The highest BCUT2D eigenvalue weighted by Gasteiger charge is 2.04. The number of halogens is 2. The van der Waals surface area contributed by atoms with Gasteiger partial charge in [-0.3, -0.25) is 0 Å². The van der Waals surface area contributed by atoms with Gasteiger partial charge in [0.1, 0.15) is 11.6 Å². The fourth-order valence-electron chi connectivity index (χ4n) is 1.73. The van der Waals surface area contributed by atoms with Crippen molar-refractivity contribution in [1.82, 2.24) is 5.32 Å². The highest BCUT2D eigenvalue weighted by molar-refractivity contribution is 5.18. The first-order valence-electron chi connectivity index (χ1n) is 5.78. The minimum Gasteiger partial charge on any atom is -0.312 e. The quantitative estimate of drug-likeness (QED) is 0.784. The van der Waals surface area contributed by atoms with Crippen molar-refractivity contribution in [2.45, 2.75) is 33.2 Å². The van der Waals surface area contributed by atoms with Gasteiger partial charge in [-0.15, -0.1) is 0 Å². The van der Waals surface area contributed by atoms with E-state index in [1.54, 1.807) is 0 Å². The number of rotatable bonds is 6. The number of benzene rings is 1. The second-order valence-corrected chi connectivity index (χ2v) is 4.26. The third-order valence-corrected chi connectivity index (χ3v) is 2.60. The molecule has 1 unspecified atom stereocenters. The summed E-state index contributed by atoms with van der Waals surface area (Å²) < 4.78 is 26.1. The summed E-state index contributed by atoms with van der Waals surface area (Å²) in [5, 5.41) is 3.15. The van der Waals surface area contributed by atoms with Crippen LogP contribution in [0.3, 0.4) is 0 Å². The molecule has 0 aliphatic carbocycles. The maximum absolute atomic E-state index is 13.2. The Balaban J connectivity index is 2.39. The van der Waals surface area contributed by atoms with Gasteiger partial charge >= 0.3 is 0 Å². The first-order valence-corrected chi connectivity index (χ1v) is 5.78. The van der Waals surface area contributed by atoms with Crippen molar-refractivity contribution in [3.8, 4) is 0 Å². The zero-order valence-electron chi connectivity index (χ0n) is 9.89. The van der Waals surface area contributed by atoms with Crippen LogP contribution in [0.25, 0.3) is 0 Å². The van der Waals surface area contributed by atoms with E-state index in [9.17, 15) is 8.78 Å². The second kappa shape index (κ2) is 6.59. The second-order valence-electron chi connectivity index (χ2n) is 4.26. The SMILES string of the molecule is CCCC(C)CNCc1cc(F)ccc1F. The standard InChI is InChI=1S/C13H19F2N/c1-3-4-10(2)8-16-9-11-7-12(14)5-6-13(11)15/h5-7,10,16H,3-4,8-9H2,1-2H3. The maximum Gasteiger partial charge on any atom is 0.127 e. The van der Waals surface area contributed by atoms with E-state index in [2.05, 4.69) is 19.2 Å². The van der Waals surface area contributed by atoms with Crippen molar-refractivity contribution in [1.29, 1.82) is 0 Å². The molecule has 0 saturated heterocycles. The monoisotopic (exact) mass is 227 g/mol. The van der Waals surface area contributed by atoms with E-state index in [4.69, 9.17) is 0 Å². The lowest BCUT2D eigenvalue weighted by atomic mass is 10.1. The zero-order chi connectivity index (χ0) is 12.0. The first kappa shape index (κ1) is 13.1. The largest absolute Gasteiger partial charge is 0.312 e. The fraction of sp³-hybridized carbons (Fsp3) is 0.538. The average molecular weight is 227 g/mol. The van der Waals surface area contributed by atoms with Gasteiger partial charge in [0, 0.05) is 12.1 Å². The van der Waals surface area contributed by atoms with Gasteiger partial charge in [0.15, 0.2) is 0 Å². The van der Waals surface area contributed by atoms with Gasteiger partial charge in [0.2, 0.25) is 0 Å². The molecule has 0 spiro atoms. The van der Waals surface area contributed by atoms with Gasteiger partial charge in [-0.2, -0.15) is 0 Å². The highest BCUT2D eigenvalue weighted by atomic mass is 19.1. The molecule has 3 heteroatoms. The summed E-state index contributed by atoms with van der Waals surface area (Å²) in [4.78, 5) is 0. The van der Waals surface area contributed by atoms with Gasteiger partial charge in [-0.25, -0.2) is 8.78 Å². The van der Waals surface area contributed by atoms with Crippen molar-refractivity contribution >= 4 is 0 Å². The minimum atomic E-state index is -0.389. The van der Waals surface area contributed by atoms with E-state index in [1.165, 1.54) is 12.1 Å². The van der Waals surface area contributed by atoms with Crippen molar-refractivity contribution in [3.63, 3.8) is 0 Å². The Hall–Kier alpha value is -0.960. The molecule has 0 amide bonds. The van der Waals surface area contributed by atoms with Crippen LogP contribution in [0.1, 0.15) is 32.3 Å². The van der Waals surface area contributed by atoms with E-state index in [0.29, 0.717) is 18.0 Å². The normalized spacial score (nSPS) is 12.8. The summed E-state index contributed by atoms with van der Waals surface area (Å²) in [7, 11) is 0. The Labute approximate surface area is 95.9 Å². The molecule has 0 aromatic heterocycles. The molecule has 16 heavy (non-hydrogen) atoms. The average Bonchev–Trinajstić information content (AvgIpc) is 2.23. The van der Waals surface area contributed by atoms with E-state index in [-0.39, 0.29) is 11.6 Å². The molecular weight excluding hydrogens is 208 g/mol. The predicted octanol–water partition coefficient (Wildman–Crippen LogP) is 3.49. The van der Waals surface area contributed by atoms with Crippen LogP contribution in [0.2, 0.25) is 0 Å². The van der Waals surface area contributed by atoms with Gasteiger partial charge < -0.3 is 5.32 Å². The molecule has 0 aliphatic rings. The van der Waals surface area contributed by atoms with Gasteiger partial charge in [-0.05, 0) is 37.1 Å². The molecule has 1 aromatic carbocycles.